The van der Waals surface area contributed by atoms with E-state index >= 15 is 0 Å². The molecule has 1 saturated carbocycles. The molecule has 0 amide bonds. The van der Waals surface area contributed by atoms with Gasteiger partial charge in [0.15, 0.2) is 0 Å². The SMILES string of the molecule is FC(F)(F)OC1CC(c2cnc[nH]2)C1. The zero-order valence-electron chi connectivity index (χ0n) is 7.21. The minimum atomic E-state index is -4.51. The number of H-pyrrole nitrogens is 1. The fourth-order valence-electron chi connectivity index (χ4n) is 1.59. The molecule has 78 valence electrons. The average molecular weight is 206 g/mol. The van der Waals surface area contributed by atoms with Gasteiger partial charge in [0.05, 0.1) is 12.4 Å². The molecule has 1 aliphatic carbocycles. The van der Waals surface area contributed by atoms with Crippen LogP contribution in [-0.2, 0) is 4.74 Å². The highest BCUT2D eigenvalue weighted by Crippen LogP contribution is 2.40. The molecule has 6 heteroatoms. The second-order valence-electron chi connectivity index (χ2n) is 3.36. The van der Waals surface area contributed by atoms with Crippen molar-refractivity contribution < 1.29 is 17.9 Å². The summed E-state index contributed by atoms with van der Waals surface area (Å²) in [6.45, 7) is 0. The van der Waals surface area contributed by atoms with E-state index in [1.165, 1.54) is 6.33 Å². The van der Waals surface area contributed by atoms with E-state index in [4.69, 9.17) is 0 Å². The van der Waals surface area contributed by atoms with E-state index < -0.39 is 12.5 Å². The summed E-state index contributed by atoms with van der Waals surface area (Å²) in [4.78, 5) is 6.68. The molecular formula is C8H9F3N2O. The molecule has 0 aromatic carbocycles. The second kappa shape index (κ2) is 3.27. The number of rotatable bonds is 2. The molecule has 0 atom stereocenters. The van der Waals surface area contributed by atoms with E-state index in [1.54, 1.807) is 6.20 Å². The van der Waals surface area contributed by atoms with Gasteiger partial charge in [0.2, 0.25) is 0 Å². The maximum Gasteiger partial charge on any atom is 0.522 e. The predicted octanol–water partition coefficient (Wildman–Crippen LogP) is 2.19. The van der Waals surface area contributed by atoms with Gasteiger partial charge < -0.3 is 4.98 Å². The van der Waals surface area contributed by atoms with Gasteiger partial charge in [0.1, 0.15) is 0 Å². The van der Waals surface area contributed by atoms with Crippen LogP contribution in [0.1, 0.15) is 24.5 Å². The van der Waals surface area contributed by atoms with Crippen LogP contribution in [-0.4, -0.2) is 22.4 Å². The predicted molar refractivity (Wildman–Crippen MR) is 41.5 cm³/mol. The molecule has 1 heterocycles. The van der Waals surface area contributed by atoms with E-state index in [0.29, 0.717) is 12.8 Å². The van der Waals surface area contributed by atoms with Crippen molar-refractivity contribution in [3.05, 3.63) is 18.2 Å². The van der Waals surface area contributed by atoms with E-state index in [1.807, 2.05) is 0 Å². The number of imidazole rings is 1. The first-order valence-electron chi connectivity index (χ1n) is 4.27. The number of hydrogen-bond acceptors (Lipinski definition) is 2. The molecule has 3 nitrogen and oxygen atoms in total. The summed E-state index contributed by atoms with van der Waals surface area (Å²) in [5.41, 5.74) is 0.882. The van der Waals surface area contributed by atoms with Crippen molar-refractivity contribution in [1.82, 2.24) is 9.97 Å². The minimum Gasteiger partial charge on any atom is -0.348 e. The van der Waals surface area contributed by atoms with Crippen molar-refractivity contribution in [2.45, 2.75) is 31.2 Å². The van der Waals surface area contributed by atoms with Crippen LogP contribution in [0.5, 0.6) is 0 Å². The van der Waals surface area contributed by atoms with Crippen LogP contribution < -0.4 is 0 Å². The molecule has 1 aliphatic rings. The number of alkyl halides is 3. The Morgan fingerprint density at radius 1 is 1.43 bits per heavy atom. The molecule has 1 aromatic rings. The van der Waals surface area contributed by atoms with Crippen LogP contribution in [0.2, 0.25) is 0 Å². The largest absolute Gasteiger partial charge is 0.522 e. The third kappa shape index (κ3) is 2.06. The van der Waals surface area contributed by atoms with Gasteiger partial charge in [-0.15, -0.1) is 13.2 Å². The minimum absolute atomic E-state index is 0.129. The molecule has 0 bridgehead atoms. The van der Waals surface area contributed by atoms with Gasteiger partial charge in [-0.1, -0.05) is 0 Å². The third-order valence-electron chi connectivity index (χ3n) is 2.35. The van der Waals surface area contributed by atoms with E-state index in [2.05, 4.69) is 14.7 Å². The van der Waals surface area contributed by atoms with Gasteiger partial charge in [-0.25, -0.2) is 4.98 Å². The van der Waals surface area contributed by atoms with Crippen LogP contribution in [0.25, 0.3) is 0 Å². The summed E-state index contributed by atoms with van der Waals surface area (Å²) < 4.78 is 39.1. The Bertz CT molecular complexity index is 290. The zero-order valence-corrected chi connectivity index (χ0v) is 7.21. The number of aromatic nitrogens is 2. The lowest BCUT2D eigenvalue weighted by Gasteiger charge is -2.34. The second-order valence-corrected chi connectivity index (χ2v) is 3.36. The Morgan fingerprint density at radius 2 is 2.14 bits per heavy atom. The lowest BCUT2D eigenvalue weighted by Crippen LogP contribution is -2.34. The third-order valence-corrected chi connectivity index (χ3v) is 2.35. The maximum atomic E-state index is 11.8. The smallest absolute Gasteiger partial charge is 0.348 e. The Kier molecular flexibility index (Phi) is 2.22. The van der Waals surface area contributed by atoms with Crippen LogP contribution in [0.4, 0.5) is 13.2 Å². The van der Waals surface area contributed by atoms with Crippen LogP contribution in [0.3, 0.4) is 0 Å². The molecule has 0 unspecified atom stereocenters. The molecule has 1 N–H and O–H groups in total. The molecule has 0 saturated heterocycles. The highest BCUT2D eigenvalue weighted by molar-refractivity contribution is 5.09. The van der Waals surface area contributed by atoms with Crippen LogP contribution >= 0.6 is 0 Å². The van der Waals surface area contributed by atoms with E-state index in [-0.39, 0.29) is 5.92 Å². The van der Waals surface area contributed by atoms with Crippen LogP contribution in [0.15, 0.2) is 12.5 Å². The summed E-state index contributed by atoms with van der Waals surface area (Å²) in [5.74, 6) is 0.129. The number of halogens is 3. The van der Waals surface area contributed by atoms with Crippen molar-refractivity contribution in [3.8, 4) is 0 Å². The Hall–Kier alpha value is -1.04. The fourth-order valence-corrected chi connectivity index (χ4v) is 1.59. The molecule has 0 aliphatic heterocycles. The summed E-state index contributed by atoms with van der Waals surface area (Å²) in [6.07, 6.45) is -1.24. The quantitative estimate of drug-likeness (QED) is 0.805. The van der Waals surface area contributed by atoms with Gasteiger partial charge in [0.25, 0.3) is 0 Å². The molecule has 1 aromatic heterocycles. The monoisotopic (exact) mass is 206 g/mol. The molecule has 0 radical (unpaired) electrons. The number of ether oxygens (including phenoxy) is 1. The fraction of sp³-hybridized carbons (Fsp3) is 0.625. The van der Waals surface area contributed by atoms with Gasteiger partial charge >= 0.3 is 6.36 Å². The van der Waals surface area contributed by atoms with Gasteiger partial charge in [-0.3, -0.25) is 4.74 Å². The first-order chi connectivity index (χ1) is 6.54. The van der Waals surface area contributed by atoms with Crippen molar-refractivity contribution in [1.29, 1.82) is 0 Å². The molecule has 0 spiro atoms. The number of hydrogen-bond donors (Lipinski definition) is 1. The zero-order chi connectivity index (χ0) is 10.2. The number of aromatic amines is 1. The highest BCUT2D eigenvalue weighted by Gasteiger charge is 2.40. The molecule has 2 rings (SSSR count). The summed E-state index contributed by atoms with van der Waals surface area (Å²) in [6, 6.07) is 0. The van der Waals surface area contributed by atoms with E-state index in [9.17, 15) is 13.2 Å². The Balaban J connectivity index is 1.80. The summed E-state index contributed by atoms with van der Waals surface area (Å²) >= 11 is 0. The molecule has 14 heavy (non-hydrogen) atoms. The van der Waals surface area contributed by atoms with Crippen molar-refractivity contribution in [3.63, 3.8) is 0 Å². The normalized spacial score (nSPS) is 27.4. The number of nitrogens with one attached hydrogen (secondary N) is 1. The first kappa shape index (κ1) is 9.51. The van der Waals surface area contributed by atoms with Crippen molar-refractivity contribution in [2.24, 2.45) is 0 Å². The maximum absolute atomic E-state index is 11.8. The van der Waals surface area contributed by atoms with Gasteiger partial charge in [-0.05, 0) is 12.8 Å². The van der Waals surface area contributed by atoms with Gasteiger partial charge in [0, 0.05) is 17.8 Å². The highest BCUT2D eigenvalue weighted by atomic mass is 19.4. The van der Waals surface area contributed by atoms with Crippen molar-refractivity contribution >= 4 is 0 Å². The van der Waals surface area contributed by atoms with E-state index in [0.717, 1.165) is 5.69 Å². The van der Waals surface area contributed by atoms with Crippen molar-refractivity contribution in [2.75, 3.05) is 0 Å². The summed E-state index contributed by atoms with van der Waals surface area (Å²) in [7, 11) is 0. The number of nitrogens with zero attached hydrogens (tertiary/aromatic N) is 1. The lowest BCUT2D eigenvalue weighted by molar-refractivity contribution is -0.351. The standard InChI is InChI=1S/C8H9F3N2O/c9-8(10,11)14-6-1-5(2-6)7-3-12-4-13-7/h3-6H,1-2H2,(H,12,13). The molecular weight excluding hydrogens is 197 g/mol. The Morgan fingerprint density at radius 3 is 2.64 bits per heavy atom. The topological polar surface area (TPSA) is 37.9 Å². The van der Waals surface area contributed by atoms with Crippen LogP contribution in [0, 0.1) is 0 Å². The molecule has 1 fully saturated rings. The van der Waals surface area contributed by atoms with Gasteiger partial charge in [-0.2, -0.15) is 0 Å². The average Bonchev–Trinajstić information content (AvgIpc) is 2.45. The Labute approximate surface area is 78.3 Å². The lowest BCUT2D eigenvalue weighted by atomic mass is 9.80. The first-order valence-corrected chi connectivity index (χ1v) is 4.27. The summed E-state index contributed by atoms with van der Waals surface area (Å²) in [5, 5.41) is 0.